The normalized spacial score (nSPS) is 15.4. The van der Waals surface area contributed by atoms with Crippen molar-refractivity contribution in [3.05, 3.63) is 57.0 Å². The summed E-state index contributed by atoms with van der Waals surface area (Å²) in [4.78, 5) is 46.5. The van der Waals surface area contributed by atoms with Gasteiger partial charge in [-0.05, 0) is 43.7 Å². The number of aromatic amines is 1. The van der Waals surface area contributed by atoms with E-state index in [4.69, 9.17) is 4.74 Å². The van der Waals surface area contributed by atoms with E-state index in [1.807, 2.05) is 18.2 Å². The van der Waals surface area contributed by atoms with Crippen LogP contribution in [0.15, 0.2) is 39.9 Å². The van der Waals surface area contributed by atoms with E-state index in [2.05, 4.69) is 21.8 Å². The van der Waals surface area contributed by atoms with Gasteiger partial charge in [0.15, 0.2) is 23.6 Å². The average molecular weight is 419 g/mol. The van der Waals surface area contributed by atoms with Crippen molar-refractivity contribution in [1.29, 1.82) is 0 Å². The average Bonchev–Trinajstić information content (AvgIpc) is 3.70. The summed E-state index contributed by atoms with van der Waals surface area (Å²) in [6.07, 6.45) is 2.96. The Hall–Kier alpha value is -3.80. The fraction of sp³-hybridized carbons (Fsp3) is 0.364. The lowest BCUT2D eigenvalue weighted by molar-refractivity contribution is 0.169. The highest BCUT2D eigenvalue weighted by Crippen LogP contribution is 2.36. The number of nitrogens with one attached hydrogen (secondary N) is 1. The molecule has 2 saturated carbocycles. The zero-order valence-electron chi connectivity index (χ0n) is 17.0. The number of rotatable bonds is 4. The van der Waals surface area contributed by atoms with E-state index in [-0.39, 0.29) is 35.8 Å². The molecule has 158 valence electrons. The van der Waals surface area contributed by atoms with Gasteiger partial charge in [-0.15, -0.1) is 0 Å². The number of anilines is 1. The van der Waals surface area contributed by atoms with Crippen LogP contribution in [0.4, 0.5) is 10.5 Å². The van der Waals surface area contributed by atoms with Gasteiger partial charge in [-0.3, -0.25) is 18.8 Å². The molecule has 2 aliphatic rings. The summed E-state index contributed by atoms with van der Waals surface area (Å²) in [7, 11) is 1.62. The van der Waals surface area contributed by atoms with E-state index in [0.29, 0.717) is 16.9 Å². The molecule has 0 spiro atoms. The van der Waals surface area contributed by atoms with Crippen LogP contribution in [0.1, 0.15) is 43.6 Å². The molecule has 2 aromatic heterocycles. The van der Waals surface area contributed by atoms with Gasteiger partial charge in [0, 0.05) is 24.8 Å². The number of amides is 1. The molecular weight excluding hydrogens is 398 g/mol. The first-order valence-corrected chi connectivity index (χ1v) is 10.3. The van der Waals surface area contributed by atoms with Gasteiger partial charge >= 0.3 is 11.8 Å². The molecule has 31 heavy (non-hydrogen) atoms. The van der Waals surface area contributed by atoms with Crippen LogP contribution in [-0.2, 0) is 4.74 Å². The number of ether oxygens (including phenoxy) is 1. The Morgan fingerprint density at radius 2 is 1.84 bits per heavy atom. The summed E-state index contributed by atoms with van der Waals surface area (Å²) >= 11 is 0. The minimum Gasteiger partial charge on any atom is -0.436 e. The van der Waals surface area contributed by atoms with Crippen molar-refractivity contribution in [3.63, 3.8) is 0 Å². The van der Waals surface area contributed by atoms with Crippen LogP contribution in [0.5, 0.6) is 0 Å². The molecule has 2 fully saturated rings. The predicted molar refractivity (Wildman–Crippen MR) is 114 cm³/mol. The first kappa shape index (κ1) is 19.2. The van der Waals surface area contributed by atoms with Gasteiger partial charge in [0.1, 0.15) is 0 Å². The van der Waals surface area contributed by atoms with E-state index < -0.39 is 6.09 Å². The standard InChI is InChI=1S/C22H21N5O4/c1-25(14-6-3-2-4-7-14)22(30)31-13-5-8-17-23-18-19(24-17)26(15-9-10-15)21(29)27(20(18)28)16-11-12-16/h2-4,6-7,15-16H,9-13H2,1H3,(H,23,24). The lowest BCUT2D eigenvalue weighted by Gasteiger charge is -2.15. The van der Waals surface area contributed by atoms with Gasteiger partial charge in [-0.25, -0.2) is 14.6 Å². The summed E-state index contributed by atoms with van der Waals surface area (Å²) in [5, 5.41) is 0. The van der Waals surface area contributed by atoms with E-state index in [1.165, 1.54) is 9.47 Å². The molecule has 9 heteroatoms. The number of fused-ring (bicyclic) bond motifs is 1. The van der Waals surface area contributed by atoms with Crippen molar-refractivity contribution in [1.82, 2.24) is 19.1 Å². The molecule has 0 bridgehead atoms. The van der Waals surface area contributed by atoms with Crippen LogP contribution >= 0.6 is 0 Å². The SMILES string of the molecule is CN(C(=O)OCC#Cc1nc2c([nH]1)c(=O)n(C1CC1)c(=O)n2C1CC1)c1ccccc1. The zero-order valence-corrected chi connectivity index (χ0v) is 17.0. The fourth-order valence-electron chi connectivity index (χ4n) is 3.55. The lowest BCUT2D eigenvalue weighted by atomic mass is 10.3. The first-order chi connectivity index (χ1) is 15.0. The second kappa shape index (κ2) is 7.47. The topological polar surface area (TPSA) is 102 Å². The maximum absolute atomic E-state index is 12.9. The number of H-pyrrole nitrogens is 1. The quantitative estimate of drug-likeness (QED) is 0.653. The zero-order chi connectivity index (χ0) is 21.5. The fourth-order valence-corrected chi connectivity index (χ4v) is 3.55. The van der Waals surface area contributed by atoms with E-state index in [0.717, 1.165) is 25.7 Å². The van der Waals surface area contributed by atoms with Crippen LogP contribution in [0.3, 0.4) is 0 Å². The Labute approximate surface area is 177 Å². The monoisotopic (exact) mass is 419 g/mol. The summed E-state index contributed by atoms with van der Waals surface area (Å²) < 4.78 is 8.14. The van der Waals surface area contributed by atoms with Crippen LogP contribution in [0.2, 0.25) is 0 Å². The van der Waals surface area contributed by atoms with Crippen LogP contribution < -0.4 is 16.1 Å². The van der Waals surface area contributed by atoms with E-state index in [1.54, 1.807) is 23.7 Å². The van der Waals surface area contributed by atoms with Gasteiger partial charge in [0.05, 0.1) is 0 Å². The van der Waals surface area contributed by atoms with Gasteiger partial charge < -0.3 is 9.72 Å². The Balaban J connectivity index is 1.36. The molecule has 0 atom stereocenters. The number of para-hydroxylation sites is 1. The van der Waals surface area contributed by atoms with Crippen molar-refractivity contribution in [2.45, 2.75) is 37.8 Å². The Bertz CT molecular complexity index is 1330. The van der Waals surface area contributed by atoms with Crippen molar-refractivity contribution >= 4 is 22.9 Å². The van der Waals surface area contributed by atoms with Gasteiger partial charge in [-0.2, -0.15) is 0 Å². The van der Waals surface area contributed by atoms with Crippen LogP contribution in [-0.4, -0.2) is 38.8 Å². The molecule has 9 nitrogen and oxygen atoms in total. The molecule has 0 radical (unpaired) electrons. The Morgan fingerprint density at radius 1 is 1.16 bits per heavy atom. The van der Waals surface area contributed by atoms with Crippen LogP contribution in [0, 0.1) is 11.8 Å². The van der Waals surface area contributed by atoms with Gasteiger partial charge in [0.25, 0.3) is 5.56 Å². The lowest BCUT2D eigenvalue weighted by Crippen LogP contribution is -2.39. The highest BCUT2D eigenvalue weighted by Gasteiger charge is 2.34. The van der Waals surface area contributed by atoms with Crippen molar-refractivity contribution in [2.24, 2.45) is 0 Å². The number of nitrogens with zero attached hydrogens (tertiary/aromatic N) is 4. The number of aromatic nitrogens is 4. The van der Waals surface area contributed by atoms with E-state index in [9.17, 15) is 14.4 Å². The number of imidazole rings is 1. The number of carbonyl (C=O) groups is 1. The molecule has 2 aliphatic carbocycles. The second-order valence-corrected chi connectivity index (χ2v) is 7.83. The minimum absolute atomic E-state index is 0.0201. The highest BCUT2D eigenvalue weighted by molar-refractivity contribution is 5.86. The summed E-state index contributed by atoms with van der Waals surface area (Å²) in [6.45, 7) is -0.130. The summed E-state index contributed by atoms with van der Waals surface area (Å²) in [5.41, 5.74) is 0.716. The molecule has 0 unspecified atom stereocenters. The third-order valence-electron chi connectivity index (χ3n) is 5.47. The number of hydrogen-bond acceptors (Lipinski definition) is 5. The van der Waals surface area contributed by atoms with E-state index >= 15 is 0 Å². The smallest absolute Gasteiger partial charge is 0.414 e. The minimum atomic E-state index is -0.528. The third-order valence-corrected chi connectivity index (χ3v) is 5.47. The van der Waals surface area contributed by atoms with Gasteiger partial charge in [0.2, 0.25) is 0 Å². The number of benzene rings is 1. The molecule has 1 amide bonds. The van der Waals surface area contributed by atoms with Crippen molar-refractivity contribution in [3.8, 4) is 11.8 Å². The van der Waals surface area contributed by atoms with Crippen LogP contribution in [0.25, 0.3) is 11.2 Å². The predicted octanol–water partition coefficient (Wildman–Crippen LogP) is 2.18. The van der Waals surface area contributed by atoms with Gasteiger partial charge in [-0.1, -0.05) is 24.1 Å². The maximum atomic E-state index is 12.9. The molecule has 3 aromatic rings. The molecule has 1 N–H and O–H groups in total. The summed E-state index contributed by atoms with van der Waals surface area (Å²) in [6, 6.07) is 9.19. The highest BCUT2D eigenvalue weighted by atomic mass is 16.6. The Kier molecular flexibility index (Phi) is 4.62. The molecule has 1 aromatic carbocycles. The maximum Gasteiger partial charge on any atom is 0.414 e. The number of carbonyl (C=O) groups excluding carboxylic acids is 1. The van der Waals surface area contributed by atoms with Crippen molar-refractivity contribution < 1.29 is 9.53 Å². The Morgan fingerprint density at radius 3 is 2.52 bits per heavy atom. The largest absolute Gasteiger partial charge is 0.436 e. The third kappa shape index (κ3) is 3.61. The molecule has 5 rings (SSSR count). The molecular formula is C22H21N5O4. The molecule has 2 heterocycles. The van der Waals surface area contributed by atoms with Crippen molar-refractivity contribution in [2.75, 3.05) is 18.6 Å². The second-order valence-electron chi connectivity index (χ2n) is 7.83. The number of hydrogen-bond donors (Lipinski definition) is 1. The molecule has 0 saturated heterocycles. The summed E-state index contributed by atoms with van der Waals surface area (Å²) in [5.74, 6) is 5.79. The first-order valence-electron chi connectivity index (χ1n) is 10.3. The molecule has 0 aliphatic heterocycles.